The average Bonchev–Trinajstić information content (AvgIpc) is 2.71. The van der Waals surface area contributed by atoms with Gasteiger partial charge in [0.25, 0.3) is 0 Å². The minimum absolute atomic E-state index is 0.0558. The number of nitrogens with zero attached hydrogens (tertiary/aromatic N) is 1. The Morgan fingerprint density at radius 1 is 0.966 bits per heavy atom. The van der Waals surface area contributed by atoms with Crippen LogP contribution in [0.3, 0.4) is 0 Å². The highest BCUT2D eigenvalue weighted by Crippen LogP contribution is 2.23. The molecule has 29 heavy (non-hydrogen) atoms. The zero-order chi connectivity index (χ0) is 21.4. The van der Waals surface area contributed by atoms with E-state index in [-0.39, 0.29) is 24.3 Å². The predicted molar refractivity (Wildman–Crippen MR) is 119 cm³/mol. The first-order chi connectivity index (χ1) is 13.8. The molecular formula is C23H28Cl2N2O2. The lowest BCUT2D eigenvalue weighted by atomic mass is 10.1. The Morgan fingerprint density at radius 2 is 1.66 bits per heavy atom. The Bertz CT molecular complexity index is 827. The molecule has 2 unspecified atom stereocenters. The summed E-state index contributed by atoms with van der Waals surface area (Å²) in [5.74, 6) is -0.251. The number of rotatable bonds is 9. The van der Waals surface area contributed by atoms with E-state index in [1.807, 2.05) is 51.1 Å². The van der Waals surface area contributed by atoms with Crippen LogP contribution in [-0.4, -0.2) is 28.8 Å². The number of benzene rings is 2. The molecule has 156 valence electrons. The van der Waals surface area contributed by atoms with Gasteiger partial charge in [0, 0.05) is 12.6 Å². The van der Waals surface area contributed by atoms with Crippen LogP contribution in [0.4, 0.5) is 0 Å². The van der Waals surface area contributed by atoms with E-state index in [0.717, 1.165) is 17.5 Å². The lowest BCUT2D eigenvalue weighted by Gasteiger charge is -2.31. The van der Waals surface area contributed by atoms with Gasteiger partial charge in [0.2, 0.25) is 11.8 Å². The van der Waals surface area contributed by atoms with Crippen molar-refractivity contribution in [3.05, 3.63) is 69.7 Å². The summed E-state index contributed by atoms with van der Waals surface area (Å²) >= 11 is 12.1. The van der Waals surface area contributed by atoms with E-state index < -0.39 is 6.04 Å². The van der Waals surface area contributed by atoms with Crippen molar-refractivity contribution in [3.63, 3.8) is 0 Å². The molecule has 0 aliphatic rings. The fraction of sp³-hybridized carbons (Fsp3) is 0.391. The fourth-order valence-corrected chi connectivity index (χ4v) is 3.39. The number of amides is 2. The van der Waals surface area contributed by atoms with Gasteiger partial charge in [-0.3, -0.25) is 9.59 Å². The van der Waals surface area contributed by atoms with Gasteiger partial charge in [-0.05, 0) is 43.0 Å². The third-order valence-corrected chi connectivity index (χ3v) is 5.66. The lowest BCUT2D eigenvalue weighted by Crippen LogP contribution is -2.51. The van der Waals surface area contributed by atoms with Gasteiger partial charge in [-0.25, -0.2) is 0 Å². The van der Waals surface area contributed by atoms with Crippen molar-refractivity contribution in [3.8, 4) is 0 Å². The maximum absolute atomic E-state index is 13.2. The summed E-state index contributed by atoms with van der Waals surface area (Å²) in [7, 11) is 0. The Hall–Kier alpha value is -2.04. The van der Waals surface area contributed by atoms with E-state index in [9.17, 15) is 9.59 Å². The Labute approximate surface area is 183 Å². The summed E-state index contributed by atoms with van der Waals surface area (Å²) in [6, 6.07) is 14.4. The predicted octanol–water partition coefficient (Wildman–Crippen LogP) is 5.26. The van der Waals surface area contributed by atoms with E-state index in [1.54, 1.807) is 23.1 Å². The van der Waals surface area contributed by atoms with Crippen LogP contribution < -0.4 is 5.32 Å². The first-order valence-corrected chi connectivity index (χ1v) is 10.7. The summed E-state index contributed by atoms with van der Waals surface area (Å²) in [4.78, 5) is 27.8. The fourth-order valence-electron chi connectivity index (χ4n) is 3.07. The number of hydrogen-bond donors (Lipinski definition) is 1. The molecule has 2 atom stereocenters. The molecule has 2 rings (SSSR count). The van der Waals surface area contributed by atoms with Crippen LogP contribution in [0.1, 0.15) is 44.7 Å². The molecular weight excluding hydrogens is 407 g/mol. The van der Waals surface area contributed by atoms with Crippen LogP contribution in [0.5, 0.6) is 0 Å². The van der Waals surface area contributed by atoms with Crippen molar-refractivity contribution in [2.75, 3.05) is 0 Å². The largest absolute Gasteiger partial charge is 0.352 e. The van der Waals surface area contributed by atoms with Gasteiger partial charge in [0.05, 0.1) is 16.5 Å². The highest BCUT2D eigenvalue weighted by molar-refractivity contribution is 6.42. The second-order valence-corrected chi connectivity index (χ2v) is 7.99. The van der Waals surface area contributed by atoms with Crippen molar-refractivity contribution < 1.29 is 9.59 Å². The SMILES string of the molecule is CCC(C)NC(=O)C(CC)N(Cc1ccccc1)C(=O)Cc1ccc(Cl)c(Cl)c1. The molecule has 2 aromatic carbocycles. The van der Waals surface area contributed by atoms with Crippen molar-refractivity contribution in [1.82, 2.24) is 10.2 Å². The van der Waals surface area contributed by atoms with Crippen molar-refractivity contribution >= 4 is 35.0 Å². The zero-order valence-corrected chi connectivity index (χ0v) is 18.6. The highest BCUT2D eigenvalue weighted by atomic mass is 35.5. The highest BCUT2D eigenvalue weighted by Gasteiger charge is 2.29. The molecule has 2 aromatic rings. The van der Waals surface area contributed by atoms with Crippen molar-refractivity contribution in [2.24, 2.45) is 0 Å². The molecule has 0 aromatic heterocycles. The van der Waals surface area contributed by atoms with Crippen LogP contribution >= 0.6 is 23.2 Å². The normalized spacial score (nSPS) is 12.9. The van der Waals surface area contributed by atoms with Crippen LogP contribution in [0.25, 0.3) is 0 Å². The summed E-state index contributed by atoms with van der Waals surface area (Å²) < 4.78 is 0. The van der Waals surface area contributed by atoms with Crippen molar-refractivity contribution in [2.45, 2.75) is 58.7 Å². The number of nitrogens with one attached hydrogen (secondary N) is 1. The second kappa shape index (κ2) is 11.2. The molecule has 0 aliphatic heterocycles. The molecule has 0 aliphatic carbocycles. The molecule has 0 heterocycles. The van der Waals surface area contributed by atoms with Gasteiger partial charge in [-0.15, -0.1) is 0 Å². The van der Waals surface area contributed by atoms with Gasteiger partial charge >= 0.3 is 0 Å². The van der Waals surface area contributed by atoms with Gasteiger partial charge in [0.15, 0.2) is 0 Å². The third-order valence-electron chi connectivity index (χ3n) is 4.92. The van der Waals surface area contributed by atoms with E-state index in [2.05, 4.69) is 5.32 Å². The number of hydrogen-bond acceptors (Lipinski definition) is 2. The molecule has 0 spiro atoms. The maximum atomic E-state index is 13.2. The smallest absolute Gasteiger partial charge is 0.243 e. The maximum Gasteiger partial charge on any atom is 0.243 e. The molecule has 1 N–H and O–H groups in total. The minimum atomic E-state index is -0.542. The topological polar surface area (TPSA) is 49.4 Å². The van der Waals surface area contributed by atoms with Crippen LogP contribution in [0.2, 0.25) is 10.0 Å². The van der Waals surface area contributed by atoms with Gasteiger partial charge in [-0.2, -0.15) is 0 Å². The summed E-state index contributed by atoms with van der Waals surface area (Å²) in [6.07, 6.45) is 1.51. The molecule has 4 nitrogen and oxygen atoms in total. The number of carbonyl (C=O) groups is 2. The Morgan fingerprint density at radius 3 is 2.24 bits per heavy atom. The molecule has 2 amide bonds. The van der Waals surface area contributed by atoms with Crippen LogP contribution in [0, 0.1) is 0 Å². The summed E-state index contributed by atoms with van der Waals surface area (Å²) in [5, 5.41) is 3.87. The molecule has 0 saturated heterocycles. The molecule has 0 saturated carbocycles. The summed E-state index contributed by atoms with van der Waals surface area (Å²) in [5.41, 5.74) is 1.74. The van der Waals surface area contributed by atoms with Gasteiger partial charge < -0.3 is 10.2 Å². The average molecular weight is 435 g/mol. The standard InChI is InChI=1S/C23H28Cl2N2O2/c1-4-16(3)26-23(29)21(5-2)27(15-17-9-7-6-8-10-17)22(28)14-18-11-12-19(24)20(25)13-18/h6-13,16,21H,4-5,14-15H2,1-3H3,(H,26,29). The monoisotopic (exact) mass is 434 g/mol. The number of halogens is 2. The third kappa shape index (κ3) is 6.76. The van der Waals surface area contributed by atoms with Gasteiger partial charge in [-0.1, -0.05) is 73.4 Å². The molecule has 0 fully saturated rings. The Kier molecular flexibility index (Phi) is 8.99. The second-order valence-electron chi connectivity index (χ2n) is 7.17. The van der Waals surface area contributed by atoms with Gasteiger partial charge in [0.1, 0.15) is 6.04 Å². The first kappa shape index (κ1) is 23.2. The molecule has 0 radical (unpaired) electrons. The van der Waals surface area contributed by atoms with E-state index in [1.165, 1.54) is 0 Å². The molecule has 0 bridgehead atoms. The van der Waals surface area contributed by atoms with E-state index in [0.29, 0.717) is 23.0 Å². The lowest BCUT2D eigenvalue weighted by molar-refractivity contribution is -0.141. The van der Waals surface area contributed by atoms with Crippen molar-refractivity contribution in [1.29, 1.82) is 0 Å². The zero-order valence-electron chi connectivity index (χ0n) is 17.1. The first-order valence-electron chi connectivity index (χ1n) is 9.93. The van der Waals surface area contributed by atoms with Crippen LogP contribution in [0.15, 0.2) is 48.5 Å². The van der Waals surface area contributed by atoms with Crippen LogP contribution in [-0.2, 0) is 22.6 Å². The van der Waals surface area contributed by atoms with E-state index in [4.69, 9.17) is 23.2 Å². The Balaban J connectivity index is 2.27. The summed E-state index contributed by atoms with van der Waals surface area (Å²) in [6.45, 7) is 6.27. The van der Waals surface area contributed by atoms with E-state index >= 15 is 0 Å². The molecule has 6 heteroatoms. The number of carbonyl (C=O) groups excluding carboxylic acids is 2. The minimum Gasteiger partial charge on any atom is -0.352 e. The quantitative estimate of drug-likeness (QED) is 0.584.